The lowest BCUT2D eigenvalue weighted by atomic mass is 9.94. The minimum absolute atomic E-state index is 0.0764. The van der Waals surface area contributed by atoms with Crippen LogP contribution in [0.25, 0.3) is 0 Å². The maximum Gasteiger partial charge on any atom is 0.313 e. The van der Waals surface area contributed by atoms with Crippen molar-refractivity contribution in [2.45, 2.75) is 32.2 Å². The van der Waals surface area contributed by atoms with Crippen LogP contribution in [-0.2, 0) is 9.59 Å². The van der Waals surface area contributed by atoms with Crippen molar-refractivity contribution in [3.63, 3.8) is 0 Å². The Kier molecular flexibility index (Phi) is 5.74. The molecule has 2 aromatic rings. The molecular weight excluding hydrogens is 340 g/mol. The van der Waals surface area contributed by atoms with Crippen LogP contribution in [0, 0.1) is 6.92 Å². The first kappa shape index (κ1) is 18.9. The van der Waals surface area contributed by atoms with Gasteiger partial charge in [0.15, 0.2) is 0 Å². The molecule has 0 saturated carbocycles. The first-order chi connectivity index (χ1) is 13.0. The molecule has 0 bridgehead atoms. The van der Waals surface area contributed by atoms with Crippen LogP contribution in [0.15, 0.2) is 42.7 Å². The molecule has 1 unspecified atom stereocenters. The zero-order chi connectivity index (χ0) is 19.4. The summed E-state index contributed by atoms with van der Waals surface area (Å²) in [5.41, 5.74) is 3.62. The highest BCUT2D eigenvalue weighted by molar-refractivity contribution is 6.39. The summed E-state index contributed by atoms with van der Waals surface area (Å²) in [5, 5.41) is 2.68. The predicted molar refractivity (Wildman–Crippen MR) is 107 cm³/mol. The number of carbonyl (C=O) groups excluding carboxylic acids is 2. The lowest BCUT2D eigenvalue weighted by Crippen LogP contribution is -2.44. The van der Waals surface area contributed by atoms with E-state index in [2.05, 4.69) is 16.4 Å². The monoisotopic (exact) mass is 366 g/mol. The first-order valence-electron chi connectivity index (χ1n) is 9.26. The summed E-state index contributed by atoms with van der Waals surface area (Å²) in [5.74, 6) is -1.10. The van der Waals surface area contributed by atoms with Crippen molar-refractivity contribution < 1.29 is 9.59 Å². The van der Waals surface area contributed by atoms with Crippen molar-refractivity contribution in [2.24, 2.45) is 0 Å². The van der Waals surface area contributed by atoms with Gasteiger partial charge < -0.3 is 15.1 Å². The zero-order valence-corrected chi connectivity index (χ0v) is 16.1. The van der Waals surface area contributed by atoms with Gasteiger partial charge in [-0.25, -0.2) is 0 Å². The molecule has 0 aliphatic carbocycles. The summed E-state index contributed by atoms with van der Waals surface area (Å²) < 4.78 is 0. The second-order valence-electron chi connectivity index (χ2n) is 7.20. The first-order valence-corrected chi connectivity index (χ1v) is 9.26. The van der Waals surface area contributed by atoms with Gasteiger partial charge in [-0.3, -0.25) is 14.6 Å². The summed E-state index contributed by atoms with van der Waals surface area (Å²) >= 11 is 0. The van der Waals surface area contributed by atoms with Crippen molar-refractivity contribution in [1.29, 1.82) is 0 Å². The van der Waals surface area contributed by atoms with Crippen LogP contribution in [0.3, 0.4) is 0 Å². The third-order valence-electron chi connectivity index (χ3n) is 4.86. The molecule has 2 amide bonds. The quantitative estimate of drug-likeness (QED) is 0.848. The zero-order valence-electron chi connectivity index (χ0n) is 16.1. The second kappa shape index (κ2) is 8.20. The molecule has 27 heavy (non-hydrogen) atoms. The van der Waals surface area contributed by atoms with Gasteiger partial charge in [-0.2, -0.15) is 0 Å². The van der Waals surface area contributed by atoms with Crippen molar-refractivity contribution in [3.8, 4) is 0 Å². The molecule has 1 saturated heterocycles. The molecule has 1 fully saturated rings. The lowest BCUT2D eigenvalue weighted by molar-refractivity contribution is -0.145. The van der Waals surface area contributed by atoms with Gasteiger partial charge in [0.2, 0.25) is 0 Å². The van der Waals surface area contributed by atoms with E-state index in [-0.39, 0.29) is 6.04 Å². The number of hydrogen-bond acceptors (Lipinski definition) is 4. The van der Waals surface area contributed by atoms with E-state index in [9.17, 15) is 9.59 Å². The Balaban J connectivity index is 1.79. The van der Waals surface area contributed by atoms with Gasteiger partial charge in [0.25, 0.3) is 0 Å². The average Bonchev–Trinajstić information content (AvgIpc) is 2.67. The number of aryl methyl sites for hydroxylation is 1. The maximum absolute atomic E-state index is 12.9. The number of carbonyl (C=O) groups is 2. The van der Waals surface area contributed by atoms with Crippen molar-refractivity contribution in [3.05, 3.63) is 53.9 Å². The summed E-state index contributed by atoms with van der Waals surface area (Å²) in [7, 11) is 3.98. The van der Waals surface area contributed by atoms with Crippen LogP contribution >= 0.6 is 0 Å². The summed E-state index contributed by atoms with van der Waals surface area (Å²) in [6, 6.07) is 9.89. The molecule has 1 atom stereocenters. The van der Waals surface area contributed by atoms with Crippen LogP contribution in [0.1, 0.15) is 36.4 Å². The van der Waals surface area contributed by atoms with E-state index in [0.717, 1.165) is 36.1 Å². The normalized spacial score (nSPS) is 16.7. The van der Waals surface area contributed by atoms with Crippen LogP contribution in [-0.4, -0.2) is 42.3 Å². The van der Waals surface area contributed by atoms with Crippen LogP contribution < -0.4 is 10.2 Å². The molecular formula is C21H26N4O2. The molecule has 1 N–H and O–H groups in total. The largest absolute Gasteiger partial charge is 0.378 e. The molecule has 1 aromatic heterocycles. The maximum atomic E-state index is 12.9. The molecule has 0 radical (unpaired) electrons. The van der Waals surface area contributed by atoms with Gasteiger partial charge in [-0.15, -0.1) is 0 Å². The Morgan fingerprint density at radius 3 is 2.74 bits per heavy atom. The fourth-order valence-corrected chi connectivity index (χ4v) is 3.47. The van der Waals surface area contributed by atoms with Gasteiger partial charge in [0.05, 0.1) is 17.9 Å². The van der Waals surface area contributed by atoms with E-state index in [1.807, 2.05) is 44.1 Å². The number of nitrogens with one attached hydrogen (secondary N) is 1. The lowest BCUT2D eigenvalue weighted by Gasteiger charge is -2.36. The topological polar surface area (TPSA) is 65.5 Å². The number of pyridine rings is 1. The van der Waals surface area contributed by atoms with Gasteiger partial charge in [0, 0.05) is 32.5 Å². The number of benzene rings is 1. The van der Waals surface area contributed by atoms with Crippen molar-refractivity contribution in [2.75, 3.05) is 30.9 Å². The number of anilines is 2. The van der Waals surface area contributed by atoms with E-state index in [1.54, 1.807) is 23.4 Å². The smallest absolute Gasteiger partial charge is 0.313 e. The highest BCUT2D eigenvalue weighted by Gasteiger charge is 2.32. The molecule has 6 nitrogen and oxygen atoms in total. The minimum atomic E-state index is -0.613. The van der Waals surface area contributed by atoms with E-state index in [0.29, 0.717) is 12.2 Å². The second-order valence-corrected chi connectivity index (χ2v) is 7.20. The molecule has 2 heterocycles. The third-order valence-corrected chi connectivity index (χ3v) is 4.86. The van der Waals surface area contributed by atoms with Gasteiger partial charge >= 0.3 is 11.8 Å². The van der Waals surface area contributed by atoms with Gasteiger partial charge in [-0.1, -0.05) is 12.1 Å². The van der Waals surface area contributed by atoms with Gasteiger partial charge in [-0.05, 0) is 55.5 Å². The minimum Gasteiger partial charge on any atom is -0.378 e. The van der Waals surface area contributed by atoms with Crippen LogP contribution in [0.5, 0.6) is 0 Å². The SMILES string of the molecule is Cc1cncc(NC(=O)C(=O)N2CCCCC2c2cccc(N(C)C)c2)c1. The third kappa shape index (κ3) is 4.45. The molecule has 1 aromatic carbocycles. The number of rotatable bonds is 3. The van der Waals surface area contributed by atoms with Crippen molar-refractivity contribution in [1.82, 2.24) is 9.88 Å². The molecule has 0 spiro atoms. The molecule has 142 valence electrons. The molecule has 1 aliphatic heterocycles. The molecule has 1 aliphatic rings. The van der Waals surface area contributed by atoms with Gasteiger partial charge in [0.1, 0.15) is 0 Å². The highest BCUT2D eigenvalue weighted by Crippen LogP contribution is 2.32. The standard InChI is InChI=1S/C21H26N4O2/c1-15-11-17(14-22-13-15)23-20(26)21(27)25-10-5-4-9-19(25)16-7-6-8-18(12-16)24(2)3/h6-8,11-14,19H,4-5,9-10H2,1-3H3,(H,23,26). The molecule has 3 rings (SSSR count). The van der Waals surface area contributed by atoms with Crippen molar-refractivity contribution >= 4 is 23.2 Å². The fourth-order valence-electron chi connectivity index (χ4n) is 3.47. The Labute approximate surface area is 160 Å². The Hall–Kier alpha value is -2.89. The van der Waals surface area contributed by atoms with E-state index >= 15 is 0 Å². The van der Waals surface area contributed by atoms with Crippen LogP contribution in [0.4, 0.5) is 11.4 Å². The van der Waals surface area contributed by atoms with E-state index < -0.39 is 11.8 Å². The Morgan fingerprint density at radius 1 is 1.19 bits per heavy atom. The molecule has 6 heteroatoms. The predicted octanol–water partition coefficient (Wildman–Crippen LogP) is 3.15. The Morgan fingerprint density at radius 2 is 2.00 bits per heavy atom. The number of likely N-dealkylation sites (tertiary alicyclic amines) is 1. The Bertz CT molecular complexity index is 834. The summed E-state index contributed by atoms with van der Waals surface area (Å²) in [4.78, 5) is 33.2. The fraction of sp³-hybridized carbons (Fsp3) is 0.381. The number of hydrogen-bond donors (Lipinski definition) is 1. The van der Waals surface area contributed by atoms with E-state index in [1.165, 1.54) is 0 Å². The summed E-state index contributed by atoms with van der Waals surface area (Å²) in [6.45, 7) is 2.48. The number of nitrogens with zero attached hydrogens (tertiary/aromatic N) is 3. The van der Waals surface area contributed by atoms with E-state index in [4.69, 9.17) is 0 Å². The summed E-state index contributed by atoms with van der Waals surface area (Å²) in [6.07, 6.45) is 6.07. The number of aromatic nitrogens is 1. The number of amides is 2. The highest BCUT2D eigenvalue weighted by atomic mass is 16.2. The van der Waals surface area contributed by atoms with Crippen LogP contribution in [0.2, 0.25) is 0 Å². The average molecular weight is 366 g/mol. The number of piperidine rings is 1.